The summed E-state index contributed by atoms with van der Waals surface area (Å²) in [6.07, 6.45) is 2.96. The molecule has 0 amide bonds. The van der Waals surface area contributed by atoms with E-state index in [-0.39, 0.29) is 17.3 Å². The van der Waals surface area contributed by atoms with Gasteiger partial charge in [0.25, 0.3) is 0 Å². The van der Waals surface area contributed by atoms with Crippen molar-refractivity contribution in [3.05, 3.63) is 35.8 Å². The van der Waals surface area contributed by atoms with Gasteiger partial charge in [-0.25, -0.2) is 4.39 Å². The third-order valence-electron chi connectivity index (χ3n) is 3.21. The molecule has 1 fully saturated rings. The smallest absolute Gasteiger partial charge is 0.201 e. The predicted molar refractivity (Wildman–Crippen MR) is 57.8 cm³/mol. The first-order valence-corrected chi connectivity index (χ1v) is 5.48. The number of ketones is 1. The Morgan fingerprint density at radius 3 is 2.81 bits per heavy atom. The lowest BCUT2D eigenvalue weighted by molar-refractivity contribution is 0.0828. The summed E-state index contributed by atoms with van der Waals surface area (Å²) in [6.45, 7) is 0. The molecule has 0 bridgehead atoms. The molecule has 1 saturated carbocycles. The van der Waals surface area contributed by atoms with Crippen molar-refractivity contribution in [1.82, 2.24) is 0 Å². The van der Waals surface area contributed by atoms with Crippen molar-refractivity contribution in [2.45, 2.75) is 19.3 Å². The van der Waals surface area contributed by atoms with Gasteiger partial charge < -0.3 is 4.42 Å². The molecule has 0 atom stereocenters. The van der Waals surface area contributed by atoms with Crippen LogP contribution in [0.4, 0.5) is 4.39 Å². The standard InChI is InChI=1S/C13H11FO2/c14-10-6-2-5-9-7-11(16-13(9)10)12(15)8-3-1-4-8/h2,5-8H,1,3-4H2. The number of halogens is 1. The molecular weight excluding hydrogens is 207 g/mol. The molecule has 16 heavy (non-hydrogen) atoms. The molecule has 0 unspecified atom stereocenters. The van der Waals surface area contributed by atoms with Gasteiger partial charge in [0.05, 0.1) is 0 Å². The van der Waals surface area contributed by atoms with Crippen LogP contribution in [0.3, 0.4) is 0 Å². The minimum atomic E-state index is -0.412. The van der Waals surface area contributed by atoms with Crippen LogP contribution in [0.15, 0.2) is 28.7 Å². The Bertz CT molecular complexity index is 552. The fourth-order valence-electron chi connectivity index (χ4n) is 2.02. The van der Waals surface area contributed by atoms with Crippen LogP contribution >= 0.6 is 0 Å². The summed E-state index contributed by atoms with van der Waals surface area (Å²) in [5.41, 5.74) is 0.185. The zero-order chi connectivity index (χ0) is 11.1. The number of hydrogen-bond acceptors (Lipinski definition) is 2. The first-order chi connectivity index (χ1) is 7.75. The van der Waals surface area contributed by atoms with Crippen molar-refractivity contribution in [2.24, 2.45) is 5.92 Å². The molecule has 1 aromatic heterocycles. The van der Waals surface area contributed by atoms with Crippen molar-refractivity contribution in [3.63, 3.8) is 0 Å². The lowest BCUT2D eigenvalue weighted by Crippen LogP contribution is -2.21. The Morgan fingerprint density at radius 2 is 2.19 bits per heavy atom. The zero-order valence-electron chi connectivity index (χ0n) is 8.70. The molecule has 1 aliphatic rings. The van der Waals surface area contributed by atoms with E-state index < -0.39 is 5.82 Å². The maximum absolute atomic E-state index is 13.4. The number of benzene rings is 1. The highest BCUT2D eigenvalue weighted by atomic mass is 19.1. The topological polar surface area (TPSA) is 30.2 Å². The number of furan rings is 1. The van der Waals surface area contributed by atoms with E-state index in [0.717, 1.165) is 19.3 Å². The first kappa shape index (κ1) is 9.58. The normalized spacial score (nSPS) is 16.3. The minimum absolute atomic E-state index is 0.0156. The van der Waals surface area contributed by atoms with E-state index in [1.165, 1.54) is 6.07 Å². The third kappa shape index (κ3) is 1.35. The van der Waals surface area contributed by atoms with E-state index in [2.05, 4.69) is 0 Å². The van der Waals surface area contributed by atoms with Gasteiger partial charge in [-0.2, -0.15) is 0 Å². The number of carbonyl (C=O) groups excluding carboxylic acids is 1. The largest absolute Gasteiger partial charge is 0.450 e. The van der Waals surface area contributed by atoms with Gasteiger partial charge in [0.2, 0.25) is 5.78 Å². The van der Waals surface area contributed by atoms with Gasteiger partial charge in [-0.05, 0) is 25.0 Å². The molecule has 1 heterocycles. The Kier molecular flexibility index (Phi) is 2.06. The number of carbonyl (C=O) groups is 1. The SMILES string of the molecule is O=C(c1cc2cccc(F)c2o1)C1CCC1. The Hall–Kier alpha value is -1.64. The quantitative estimate of drug-likeness (QED) is 0.721. The summed E-state index contributed by atoms with van der Waals surface area (Å²) < 4.78 is 18.6. The molecule has 3 rings (SSSR count). The molecule has 0 N–H and O–H groups in total. The maximum atomic E-state index is 13.4. The first-order valence-electron chi connectivity index (χ1n) is 5.48. The summed E-state index contributed by atoms with van der Waals surface area (Å²) in [6, 6.07) is 6.34. The zero-order valence-corrected chi connectivity index (χ0v) is 8.70. The van der Waals surface area contributed by atoms with Crippen LogP contribution in [0.1, 0.15) is 29.8 Å². The molecule has 2 aromatic rings. The van der Waals surface area contributed by atoms with Crippen LogP contribution in [-0.4, -0.2) is 5.78 Å². The molecule has 0 saturated heterocycles. The van der Waals surface area contributed by atoms with E-state index in [1.54, 1.807) is 18.2 Å². The number of rotatable bonds is 2. The second kappa shape index (κ2) is 3.44. The van der Waals surface area contributed by atoms with E-state index >= 15 is 0 Å². The van der Waals surface area contributed by atoms with Crippen molar-refractivity contribution in [1.29, 1.82) is 0 Å². The van der Waals surface area contributed by atoms with Gasteiger partial charge in [0.15, 0.2) is 17.2 Å². The molecule has 1 aromatic carbocycles. The van der Waals surface area contributed by atoms with Gasteiger partial charge in [0.1, 0.15) is 0 Å². The Morgan fingerprint density at radius 1 is 1.38 bits per heavy atom. The summed E-state index contributed by atoms with van der Waals surface area (Å²) in [7, 11) is 0. The van der Waals surface area contributed by atoms with Gasteiger partial charge in [-0.3, -0.25) is 4.79 Å². The molecule has 1 aliphatic carbocycles. The maximum Gasteiger partial charge on any atom is 0.201 e. The lowest BCUT2D eigenvalue weighted by atomic mass is 9.81. The van der Waals surface area contributed by atoms with Crippen LogP contribution in [0.5, 0.6) is 0 Å². The number of fused-ring (bicyclic) bond motifs is 1. The average Bonchev–Trinajstić information content (AvgIpc) is 2.60. The van der Waals surface area contributed by atoms with E-state index in [1.807, 2.05) is 0 Å². The van der Waals surface area contributed by atoms with E-state index in [4.69, 9.17) is 4.42 Å². The summed E-state index contributed by atoms with van der Waals surface area (Å²) in [5.74, 6) is -0.0135. The fraction of sp³-hybridized carbons (Fsp3) is 0.308. The van der Waals surface area contributed by atoms with Crippen molar-refractivity contribution < 1.29 is 13.6 Å². The van der Waals surface area contributed by atoms with Crippen molar-refractivity contribution in [3.8, 4) is 0 Å². The Balaban J connectivity index is 2.04. The molecule has 0 aliphatic heterocycles. The second-order valence-corrected chi connectivity index (χ2v) is 4.26. The van der Waals surface area contributed by atoms with Gasteiger partial charge in [-0.15, -0.1) is 0 Å². The van der Waals surface area contributed by atoms with Crippen LogP contribution in [-0.2, 0) is 0 Å². The summed E-state index contributed by atoms with van der Waals surface area (Å²) in [4.78, 5) is 11.9. The fourth-order valence-corrected chi connectivity index (χ4v) is 2.02. The highest BCUT2D eigenvalue weighted by Gasteiger charge is 2.28. The van der Waals surface area contributed by atoms with Crippen LogP contribution in [0.2, 0.25) is 0 Å². The molecule has 82 valence electrons. The molecule has 0 spiro atoms. The van der Waals surface area contributed by atoms with Crippen LogP contribution in [0, 0.1) is 11.7 Å². The van der Waals surface area contributed by atoms with E-state index in [0.29, 0.717) is 11.1 Å². The van der Waals surface area contributed by atoms with Gasteiger partial charge >= 0.3 is 0 Å². The highest BCUT2D eigenvalue weighted by Crippen LogP contribution is 2.32. The number of hydrogen-bond donors (Lipinski definition) is 0. The highest BCUT2D eigenvalue weighted by molar-refractivity contribution is 5.99. The van der Waals surface area contributed by atoms with Crippen LogP contribution in [0.25, 0.3) is 11.0 Å². The molecule has 3 heteroatoms. The predicted octanol–water partition coefficient (Wildman–Crippen LogP) is 3.55. The molecular formula is C13H11FO2. The minimum Gasteiger partial charge on any atom is -0.450 e. The van der Waals surface area contributed by atoms with Gasteiger partial charge in [0, 0.05) is 11.3 Å². The summed E-state index contributed by atoms with van der Waals surface area (Å²) in [5, 5.41) is 0.655. The number of para-hydroxylation sites is 1. The number of Topliss-reactive ketones (excluding diaryl/α,β-unsaturated/α-hetero) is 1. The van der Waals surface area contributed by atoms with E-state index in [9.17, 15) is 9.18 Å². The average molecular weight is 218 g/mol. The third-order valence-corrected chi connectivity index (χ3v) is 3.21. The van der Waals surface area contributed by atoms with Crippen molar-refractivity contribution in [2.75, 3.05) is 0 Å². The Labute approximate surface area is 92.1 Å². The van der Waals surface area contributed by atoms with Gasteiger partial charge in [-0.1, -0.05) is 18.6 Å². The molecule has 0 radical (unpaired) electrons. The monoisotopic (exact) mass is 218 g/mol. The second-order valence-electron chi connectivity index (χ2n) is 4.26. The molecule has 2 nitrogen and oxygen atoms in total. The van der Waals surface area contributed by atoms with Crippen LogP contribution < -0.4 is 0 Å². The lowest BCUT2D eigenvalue weighted by Gasteiger charge is -2.22. The summed E-state index contributed by atoms with van der Waals surface area (Å²) >= 11 is 0. The van der Waals surface area contributed by atoms with Crippen molar-refractivity contribution >= 4 is 16.8 Å².